The molecule has 2 rings (SSSR count). The van der Waals surface area contributed by atoms with Crippen molar-refractivity contribution in [1.82, 2.24) is 15.1 Å². The second-order valence-corrected chi connectivity index (χ2v) is 4.75. The van der Waals surface area contributed by atoms with E-state index in [-0.39, 0.29) is 11.3 Å². The molecule has 1 aliphatic heterocycles. The standard InChI is InChI=1S/C12H20N4O/c1-3-5-12(6-8-13-9-12)11(17)15-10-4-7-14-16(10)2/h4,7,13H,3,5-6,8-9H2,1-2H3,(H,15,17). The second kappa shape index (κ2) is 4.87. The molecule has 1 saturated heterocycles. The van der Waals surface area contributed by atoms with E-state index in [1.165, 1.54) is 0 Å². The Labute approximate surface area is 102 Å². The van der Waals surface area contributed by atoms with E-state index in [1.807, 2.05) is 13.1 Å². The van der Waals surface area contributed by atoms with E-state index < -0.39 is 0 Å². The number of nitrogens with zero attached hydrogens (tertiary/aromatic N) is 2. The first-order chi connectivity index (χ1) is 8.18. The average Bonchev–Trinajstić information content (AvgIpc) is 2.91. The van der Waals surface area contributed by atoms with Gasteiger partial charge in [0.05, 0.1) is 11.6 Å². The number of aromatic nitrogens is 2. The Bertz CT molecular complexity index is 393. The number of carbonyl (C=O) groups excluding carboxylic acids is 1. The van der Waals surface area contributed by atoms with Crippen LogP contribution in [0.1, 0.15) is 26.2 Å². The van der Waals surface area contributed by atoms with Gasteiger partial charge in [-0.05, 0) is 19.4 Å². The predicted molar refractivity (Wildman–Crippen MR) is 66.7 cm³/mol. The molecule has 5 heteroatoms. The summed E-state index contributed by atoms with van der Waals surface area (Å²) < 4.78 is 1.68. The fraction of sp³-hybridized carbons (Fsp3) is 0.667. The van der Waals surface area contributed by atoms with E-state index in [2.05, 4.69) is 22.7 Å². The van der Waals surface area contributed by atoms with Crippen molar-refractivity contribution in [3.8, 4) is 0 Å². The van der Waals surface area contributed by atoms with Crippen LogP contribution in [0.15, 0.2) is 12.3 Å². The maximum Gasteiger partial charge on any atom is 0.233 e. The third kappa shape index (κ3) is 2.34. The van der Waals surface area contributed by atoms with Crippen LogP contribution in [0.3, 0.4) is 0 Å². The van der Waals surface area contributed by atoms with Crippen molar-refractivity contribution in [2.24, 2.45) is 12.5 Å². The Balaban J connectivity index is 2.10. The van der Waals surface area contributed by atoms with Crippen LogP contribution in [0.2, 0.25) is 0 Å². The van der Waals surface area contributed by atoms with Crippen molar-refractivity contribution in [2.45, 2.75) is 26.2 Å². The highest BCUT2D eigenvalue weighted by Gasteiger charge is 2.40. The number of anilines is 1. The minimum Gasteiger partial charge on any atom is -0.316 e. The van der Waals surface area contributed by atoms with Gasteiger partial charge in [-0.2, -0.15) is 5.10 Å². The fourth-order valence-corrected chi connectivity index (χ4v) is 2.49. The molecule has 1 aromatic heterocycles. The first-order valence-corrected chi connectivity index (χ1v) is 6.18. The van der Waals surface area contributed by atoms with E-state index in [0.29, 0.717) is 0 Å². The monoisotopic (exact) mass is 236 g/mol. The first kappa shape index (κ1) is 12.1. The average molecular weight is 236 g/mol. The van der Waals surface area contributed by atoms with Crippen molar-refractivity contribution in [3.05, 3.63) is 12.3 Å². The zero-order valence-electron chi connectivity index (χ0n) is 10.5. The van der Waals surface area contributed by atoms with Crippen LogP contribution in [-0.4, -0.2) is 28.8 Å². The smallest absolute Gasteiger partial charge is 0.233 e. The van der Waals surface area contributed by atoms with Crippen molar-refractivity contribution >= 4 is 11.7 Å². The summed E-state index contributed by atoms with van der Waals surface area (Å²) in [7, 11) is 1.83. The number of hydrogen-bond donors (Lipinski definition) is 2. The number of carbonyl (C=O) groups is 1. The molecular formula is C12H20N4O. The highest BCUT2D eigenvalue weighted by Crippen LogP contribution is 2.32. The van der Waals surface area contributed by atoms with E-state index in [1.54, 1.807) is 10.9 Å². The van der Waals surface area contributed by atoms with Crippen LogP contribution in [-0.2, 0) is 11.8 Å². The molecule has 2 N–H and O–H groups in total. The van der Waals surface area contributed by atoms with Crippen LogP contribution in [0.4, 0.5) is 5.82 Å². The highest BCUT2D eigenvalue weighted by atomic mass is 16.2. The van der Waals surface area contributed by atoms with Gasteiger partial charge in [0.15, 0.2) is 0 Å². The van der Waals surface area contributed by atoms with Crippen LogP contribution in [0, 0.1) is 5.41 Å². The minimum atomic E-state index is -0.237. The van der Waals surface area contributed by atoms with Gasteiger partial charge in [-0.3, -0.25) is 9.48 Å². The molecule has 1 aliphatic rings. The van der Waals surface area contributed by atoms with E-state index in [0.717, 1.165) is 38.2 Å². The summed E-state index contributed by atoms with van der Waals surface area (Å²) in [6.07, 6.45) is 4.57. The largest absolute Gasteiger partial charge is 0.316 e. The molecule has 0 saturated carbocycles. The van der Waals surface area contributed by atoms with Crippen LogP contribution < -0.4 is 10.6 Å². The third-order valence-corrected chi connectivity index (χ3v) is 3.52. The van der Waals surface area contributed by atoms with E-state index >= 15 is 0 Å². The molecule has 2 heterocycles. The molecular weight excluding hydrogens is 216 g/mol. The first-order valence-electron chi connectivity index (χ1n) is 6.18. The lowest BCUT2D eigenvalue weighted by atomic mass is 9.81. The molecule has 0 spiro atoms. The fourth-order valence-electron chi connectivity index (χ4n) is 2.49. The normalized spacial score (nSPS) is 23.9. The van der Waals surface area contributed by atoms with E-state index in [4.69, 9.17) is 0 Å². The molecule has 1 unspecified atom stereocenters. The molecule has 0 bridgehead atoms. The van der Waals surface area contributed by atoms with E-state index in [9.17, 15) is 4.79 Å². The van der Waals surface area contributed by atoms with Gasteiger partial charge in [-0.25, -0.2) is 0 Å². The molecule has 5 nitrogen and oxygen atoms in total. The number of rotatable bonds is 4. The number of hydrogen-bond acceptors (Lipinski definition) is 3. The van der Waals surface area contributed by atoms with Gasteiger partial charge in [-0.1, -0.05) is 13.3 Å². The summed E-state index contributed by atoms with van der Waals surface area (Å²) in [5, 5.41) is 10.3. The van der Waals surface area contributed by atoms with Gasteiger partial charge in [0, 0.05) is 19.7 Å². The van der Waals surface area contributed by atoms with Gasteiger partial charge in [-0.15, -0.1) is 0 Å². The van der Waals surface area contributed by atoms with Gasteiger partial charge in [0.2, 0.25) is 5.91 Å². The molecule has 1 aromatic rings. The lowest BCUT2D eigenvalue weighted by molar-refractivity contribution is -0.125. The van der Waals surface area contributed by atoms with Crippen LogP contribution in [0.25, 0.3) is 0 Å². The SMILES string of the molecule is CCCC1(C(=O)Nc2ccnn2C)CCNC1. The van der Waals surface area contributed by atoms with Crippen molar-refractivity contribution < 1.29 is 4.79 Å². The topological polar surface area (TPSA) is 59.0 Å². The molecule has 94 valence electrons. The second-order valence-electron chi connectivity index (χ2n) is 4.75. The maximum atomic E-state index is 12.4. The van der Waals surface area contributed by atoms with Crippen LogP contribution in [0.5, 0.6) is 0 Å². The number of nitrogens with one attached hydrogen (secondary N) is 2. The maximum absolute atomic E-state index is 12.4. The summed E-state index contributed by atoms with van der Waals surface area (Å²) in [5.41, 5.74) is -0.237. The van der Waals surface area contributed by atoms with Crippen molar-refractivity contribution in [3.63, 3.8) is 0 Å². The lowest BCUT2D eigenvalue weighted by Gasteiger charge is -2.26. The molecule has 0 radical (unpaired) electrons. The molecule has 1 amide bonds. The van der Waals surface area contributed by atoms with Gasteiger partial charge in [0.25, 0.3) is 0 Å². The lowest BCUT2D eigenvalue weighted by Crippen LogP contribution is -2.38. The third-order valence-electron chi connectivity index (χ3n) is 3.52. The number of aryl methyl sites for hydroxylation is 1. The zero-order chi connectivity index (χ0) is 12.3. The van der Waals surface area contributed by atoms with Crippen LogP contribution >= 0.6 is 0 Å². The quantitative estimate of drug-likeness (QED) is 0.824. The Hall–Kier alpha value is -1.36. The summed E-state index contributed by atoms with van der Waals surface area (Å²) >= 11 is 0. The summed E-state index contributed by atoms with van der Waals surface area (Å²) in [6.45, 7) is 3.83. The van der Waals surface area contributed by atoms with Gasteiger partial charge >= 0.3 is 0 Å². The molecule has 0 aliphatic carbocycles. The summed E-state index contributed by atoms with van der Waals surface area (Å²) in [4.78, 5) is 12.4. The molecule has 0 aromatic carbocycles. The van der Waals surface area contributed by atoms with Crippen molar-refractivity contribution in [2.75, 3.05) is 18.4 Å². The molecule has 17 heavy (non-hydrogen) atoms. The molecule has 1 fully saturated rings. The summed E-state index contributed by atoms with van der Waals surface area (Å²) in [5.74, 6) is 0.880. The molecule has 1 atom stereocenters. The Kier molecular flexibility index (Phi) is 3.47. The predicted octanol–water partition coefficient (Wildman–Crippen LogP) is 1.14. The van der Waals surface area contributed by atoms with Gasteiger partial charge in [0.1, 0.15) is 5.82 Å². The minimum absolute atomic E-state index is 0.118. The Morgan fingerprint density at radius 3 is 3.06 bits per heavy atom. The van der Waals surface area contributed by atoms with Gasteiger partial charge < -0.3 is 10.6 Å². The zero-order valence-corrected chi connectivity index (χ0v) is 10.5. The Morgan fingerprint density at radius 1 is 1.71 bits per heavy atom. The summed E-state index contributed by atoms with van der Waals surface area (Å²) in [6, 6.07) is 1.82. The van der Waals surface area contributed by atoms with Crippen molar-refractivity contribution in [1.29, 1.82) is 0 Å². The number of amides is 1. The Morgan fingerprint density at radius 2 is 2.53 bits per heavy atom. The highest BCUT2D eigenvalue weighted by molar-refractivity contribution is 5.95.